The molecule has 1 atom stereocenters. The van der Waals surface area contributed by atoms with Crippen molar-refractivity contribution in [3.8, 4) is 0 Å². The number of rotatable bonds is 3. The van der Waals surface area contributed by atoms with Gasteiger partial charge in [0.1, 0.15) is 5.82 Å². The standard InChI is InChI=1S/C11H13ClFNO/c1-7(14-9-5-15-6-9)10-3-2-8(13)4-11(10)12/h2-4,7,9,14H,5-6H2,1H3. The van der Waals surface area contributed by atoms with Crippen molar-refractivity contribution in [2.45, 2.75) is 19.0 Å². The first-order chi connectivity index (χ1) is 7.16. The van der Waals surface area contributed by atoms with E-state index < -0.39 is 0 Å². The van der Waals surface area contributed by atoms with Gasteiger partial charge in [-0.1, -0.05) is 17.7 Å². The predicted octanol–water partition coefficient (Wildman–Crippen LogP) is 2.53. The fourth-order valence-corrected chi connectivity index (χ4v) is 1.96. The Kier molecular flexibility index (Phi) is 3.24. The van der Waals surface area contributed by atoms with Gasteiger partial charge in [0.15, 0.2) is 0 Å². The Morgan fingerprint density at radius 3 is 2.80 bits per heavy atom. The summed E-state index contributed by atoms with van der Waals surface area (Å²) in [6, 6.07) is 4.99. The van der Waals surface area contributed by atoms with E-state index in [4.69, 9.17) is 16.3 Å². The quantitative estimate of drug-likeness (QED) is 0.860. The Bertz CT molecular complexity index is 354. The maximum atomic E-state index is 12.8. The van der Waals surface area contributed by atoms with Gasteiger partial charge in [0.2, 0.25) is 0 Å². The van der Waals surface area contributed by atoms with E-state index in [1.54, 1.807) is 6.07 Å². The van der Waals surface area contributed by atoms with Crippen LogP contribution in [0, 0.1) is 5.82 Å². The average molecular weight is 230 g/mol. The summed E-state index contributed by atoms with van der Waals surface area (Å²) in [5.41, 5.74) is 0.921. The lowest BCUT2D eigenvalue weighted by Crippen LogP contribution is -2.46. The van der Waals surface area contributed by atoms with Gasteiger partial charge in [-0.05, 0) is 24.6 Å². The molecule has 2 rings (SSSR count). The molecule has 0 aliphatic carbocycles. The highest BCUT2D eigenvalue weighted by Crippen LogP contribution is 2.24. The molecule has 1 heterocycles. The van der Waals surface area contributed by atoms with Crippen molar-refractivity contribution in [3.63, 3.8) is 0 Å². The Balaban J connectivity index is 2.06. The molecule has 82 valence electrons. The molecule has 0 aromatic heterocycles. The van der Waals surface area contributed by atoms with E-state index in [0.29, 0.717) is 11.1 Å². The minimum Gasteiger partial charge on any atom is -0.378 e. The first-order valence-corrected chi connectivity index (χ1v) is 5.33. The van der Waals surface area contributed by atoms with Gasteiger partial charge in [-0.25, -0.2) is 4.39 Å². The van der Waals surface area contributed by atoms with Crippen LogP contribution in [0.2, 0.25) is 5.02 Å². The van der Waals surface area contributed by atoms with E-state index in [1.165, 1.54) is 12.1 Å². The van der Waals surface area contributed by atoms with E-state index in [9.17, 15) is 4.39 Å². The lowest BCUT2D eigenvalue weighted by Gasteiger charge is -2.30. The number of benzene rings is 1. The molecule has 0 amide bonds. The molecule has 1 unspecified atom stereocenters. The van der Waals surface area contributed by atoms with Gasteiger partial charge in [-0.15, -0.1) is 0 Å². The Hall–Kier alpha value is -0.640. The second-order valence-electron chi connectivity index (χ2n) is 3.79. The molecule has 15 heavy (non-hydrogen) atoms. The van der Waals surface area contributed by atoms with Crippen molar-refractivity contribution >= 4 is 11.6 Å². The van der Waals surface area contributed by atoms with Crippen LogP contribution in [-0.2, 0) is 4.74 Å². The molecule has 1 aliphatic heterocycles. The highest BCUT2D eigenvalue weighted by Gasteiger charge is 2.21. The monoisotopic (exact) mass is 229 g/mol. The van der Waals surface area contributed by atoms with Crippen LogP contribution in [0.15, 0.2) is 18.2 Å². The Morgan fingerprint density at radius 2 is 2.27 bits per heavy atom. The predicted molar refractivity (Wildman–Crippen MR) is 57.6 cm³/mol. The van der Waals surface area contributed by atoms with Crippen LogP contribution in [0.1, 0.15) is 18.5 Å². The van der Waals surface area contributed by atoms with Crippen LogP contribution in [0.4, 0.5) is 4.39 Å². The van der Waals surface area contributed by atoms with E-state index >= 15 is 0 Å². The summed E-state index contributed by atoms with van der Waals surface area (Å²) in [5.74, 6) is -0.303. The summed E-state index contributed by atoms with van der Waals surface area (Å²) < 4.78 is 17.9. The van der Waals surface area contributed by atoms with Crippen LogP contribution in [0.5, 0.6) is 0 Å². The fourth-order valence-electron chi connectivity index (χ4n) is 1.63. The molecule has 0 radical (unpaired) electrons. The summed E-state index contributed by atoms with van der Waals surface area (Å²) in [7, 11) is 0. The first-order valence-electron chi connectivity index (χ1n) is 4.95. The van der Waals surface area contributed by atoms with Crippen LogP contribution in [-0.4, -0.2) is 19.3 Å². The number of nitrogens with one attached hydrogen (secondary N) is 1. The molecule has 1 saturated heterocycles. The second kappa shape index (κ2) is 4.47. The maximum Gasteiger partial charge on any atom is 0.124 e. The zero-order valence-corrected chi connectivity index (χ0v) is 9.22. The Morgan fingerprint density at radius 1 is 1.53 bits per heavy atom. The van der Waals surface area contributed by atoms with Crippen LogP contribution >= 0.6 is 11.6 Å². The minimum absolute atomic E-state index is 0.118. The van der Waals surface area contributed by atoms with Gasteiger partial charge in [-0.2, -0.15) is 0 Å². The van der Waals surface area contributed by atoms with Gasteiger partial charge in [-0.3, -0.25) is 0 Å². The number of hydrogen-bond acceptors (Lipinski definition) is 2. The molecule has 1 fully saturated rings. The van der Waals surface area contributed by atoms with Crippen molar-refractivity contribution in [1.82, 2.24) is 5.32 Å². The van der Waals surface area contributed by atoms with Crippen molar-refractivity contribution < 1.29 is 9.13 Å². The molecule has 4 heteroatoms. The van der Waals surface area contributed by atoms with Crippen LogP contribution in [0.3, 0.4) is 0 Å². The summed E-state index contributed by atoms with van der Waals surface area (Å²) in [6.45, 7) is 3.49. The molecule has 1 N–H and O–H groups in total. The fraction of sp³-hybridized carbons (Fsp3) is 0.455. The van der Waals surface area contributed by atoms with E-state index in [2.05, 4.69) is 5.32 Å². The minimum atomic E-state index is -0.303. The van der Waals surface area contributed by atoms with Crippen LogP contribution in [0.25, 0.3) is 0 Å². The van der Waals surface area contributed by atoms with Crippen molar-refractivity contribution in [1.29, 1.82) is 0 Å². The topological polar surface area (TPSA) is 21.3 Å². The Labute approximate surface area is 93.4 Å². The smallest absolute Gasteiger partial charge is 0.124 e. The van der Waals surface area contributed by atoms with Crippen LogP contribution < -0.4 is 5.32 Å². The molecule has 0 saturated carbocycles. The molecule has 2 nitrogen and oxygen atoms in total. The number of halogens is 2. The second-order valence-corrected chi connectivity index (χ2v) is 4.20. The van der Waals surface area contributed by atoms with Gasteiger partial charge < -0.3 is 10.1 Å². The summed E-state index contributed by atoms with van der Waals surface area (Å²) in [5, 5.41) is 3.83. The molecule has 0 spiro atoms. The van der Waals surface area contributed by atoms with Gasteiger partial charge >= 0.3 is 0 Å². The summed E-state index contributed by atoms with van der Waals surface area (Å²) in [4.78, 5) is 0. The average Bonchev–Trinajstić information content (AvgIpc) is 2.11. The highest BCUT2D eigenvalue weighted by atomic mass is 35.5. The normalized spacial score (nSPS) is 18.6. The summed E-state index contributed by atoms with van der Waals surface area (Å²) in [6.07, 6.45) is 0. The number of ether oxygens (including phenoxy) is 1. The molecule has 1 aromatic rings. The van der Waals surface area contributed by atoms with E-state index in [1.807, 2.05) is 6.92 Å². The maximum absolute atomic E-state index is 12.8. The largest absolute Gasteiger partial charge is 0.378 e. The lowest BCUT2D eigenvalue weighted by atomic mass is 10.1. The van der Waals surface area contributed by atoms with Gasteiger partial charge in [0, 0.05) is 11.1 Å². The SMILES string of the molecule is CC(NC1COC1)c1ccc(F)cc1Cl. The van der Waals surface area contributed by atoms with Crippen molar-refractivity contribution in [2.24, 2.45) is 0 Å². The molecular formula is C11H13ClFNO. The zero-order chi connectivity index (χ0) is 10.8. The van der Waals surface area contributed by atoms with Crippen molar-refractivity contribution in [2.75, 3.05) is 13.2 Å². The van der Waals surface area contributed by atoms with E-state index in [0.717, 1.165) is 18.8 Å². The molecule has 0 bridgehead atoms. The van der Waals surface area contributed by atoms with Crippen molar-refractivity contribution in [3.05, 3.63) is 34.6 Å². The molecular weight excluding hydrogens is 217 g/mol. The third kappa shape index (κ3) is 2.48. The third-order valence-electron chi connectivity index (χ3n) is 2.55. The summed E-state index contributed by atoms with van der Waals surface area (Å²) >= 11 is 5.96. The highest BCUT2D eigenvalue weighted by molar-refractivity contribution is 6.31. The third-order valence-corrected chi connectivity index (χ3v) is 2.88. The first kappa shape index (κ1) is 10.9. The zero-order valence-electron chi connectivity index (χ0n) is 8.47. The van der Waals surface area contributed by atoms with Gasteiger partial charge in [0.05, 0.1) is 19.3 Å². The number of hydrogen-bond donors (Lipinski definition) is 1. The molecule has 1 aliphatic rings. The lowest BCUT2D eigenvalue weighted by molar-refractivity contribution is -0.00925. The van der Waals surface area contributed by atoms with E-state index in [-0.39, 0.29) is 11.9 Å². The molecule has 1 aromatic carbocycles. The van der Waals surface area contributed by atoms with Gasteiger partial charge in [0.25, 0.3) is 0 Å².